The molecule has 0 bridgehead atoms. The van der Waals surface area contributed by atoms with E-state index in [-0.39, 0.29) is 12.6 Å². The minimum absolute atomic E-state index is 0.213. The van der Waals surface area contributed by atoms with E-state index in [0.717, 1.165) is 16.8 Å². The van der Waals surface area contributed by atoms with Crippen LogP contribution in [0, 0.1) is 6.92 Å². The lowest BCUT2D eigenvalue weighted by Gasteiger charge is -2.28. The van der Waals surface area contributed by atoms with Crippen LogP contribution >= 0.6 is 0 Å². The number of urea groups is 1. The van der Waals surface area contributed by atoms with Crippen LogP contribution in [0.4, 0.5) is 10.5 Å². The third-order valence-electron chi connectivity index (χ3n) is 3.56. The predicted octanol–water partition coefficient (Wildman–Crippen LogP) is 2.86. The Morgan fingerprint density at radius 3 is 2.50 bits per heavy atom. The van der Waals surface area contributed by atoms with Crippen molar-refractivity contribution in [1.82, 2.24) is 14.7 Å². The van der Waals surface area contributed by atoms with E-state index in [1.807, 2.05) is 55.2 Å². The second kappa shape index (κ2) is 7.49. The molecule has 0 unspecified atom stereocenters. The average Bonchev–Trinajstić information content (AvgIpc) is 2.91. The Morgan fingerprint density at radius 1 is 1.33 bits per heavy atom. The van der Waals surface area contributed by atoms with Gasteiger partial charge in [0.2, 0.25) is 0 Å². The lowest BCUT2D eigenvalue weighted by atomic mass is 10.1. The molecule has 6 heteroatoms. The number of amides is 2. The van der Waals surface area contributed by atoms with E-state index in [0.29, 0.717) is 13.1 Å². The zero-order chi connectivity index (χ0) is 17.7. The molecule has 2 rings (SSSR count). The SMILES string of the molecule is CCN(CC(C)(C)O)C(=O)Nc1ccc(Cn2cc(C)cn2)cc1. The predicted molar refractivity (Wildman–Crippen MR) is 95.1 cm³/mol. The quantitative estimate of drug-likeness (QED) is 0.855. The van der Waals surface area contributed by atoms with Gasteiger partial charge in [-0.15, -0.1) is 0 Å². The van der Waals surface area contributed by atoms with E-state index in [9.17, 15) is 9.90 Å². The van der Waals surface area contributed by atoms with Crippen molar-refractivity contribution >= 4 is 11.7 Å². The van der Waals surface area contributed by atoms with Crippen molar-refractivity contribution in [3.63, 3.8) is 0 Å². The van der Waals surface area contributed by atoms with Crippen LogP contribution < -0.4 is 5.32 Å². The van der Waals surface area contributed by atoms with E-state index in [4.69, 9.17) is 0 Å². The third kappa shape index (κ3) is 5.38. The summed E-state index contributed by atoms with van der Waals surface area (Å²) in [6.07, 6.45) is 3.82. The van der Waals surface area contributed by atoms with E-state index in [1.54, 1.807) is 18.7 Å². The number of carbonyl (C=O) groups is 1. The van der Waals surface area contributed by atoms with Crippen molar-refractivity contribution in [2.45, 2.75) is 39.8 Å². The average molecular weight is 330 g/mol. The summed E-state index contributed by atoms with van der Waals surface area (Å²) in [5.41, 5.74) is 2.05. The van der Waals surface area contributed by atoms with Crippen LogP contribution in [-0.4, -0.2) is 44.5 Å². The lowest BCUT2D eigenvalue weighted by molar-refractivity contribution is 0.0501. The van der Waals surface area contributed by atoms with Gasteiger partial charge in [-0.3, -0.25) is 4.68 Å². The highest BCUT2D eigenvalue weighted by atomic mass is 16.3. The molecule has 0 radical (unpaired) electrons. The second-order valence-corrected chi connectivity index (χ2v) is 6.67. The number of hydrogen-bond acceptors (Lipinski definition) is 3. The van der Waals surface area contributed by atoms with Gasteiger partial charge in [-0.05, 0) is 51.0 Å². The Bertz CT molecular complexity index is 671. The number of hydrogen-bond donors (Lipinski definition) is 2. The molecular formula is C18H26N4O2. The highest BCUT2D eigenvalue weighted by molar-refractivity contribution is 5.89. The molecule has 0 fully saturated rings. The van der Waals surface area contributed by atoms with Crippen molar-refractivity contribution in [1.29, 1.82) is 0 Å². The highest BCUT2D eigenvalue weighted by Gasteiger charge is 2.21. The van der Waals surface area contributed by atoms with Crippen molar-refractivity contribution in [3.05, 3.63) is 47.8 Å². The van der Waals surface area contributed by atoms with Crippen molar-refractivity contribution in [2.75, 3.05) is 18.4 Å². The normalized spacial score (nSPS) is 11.4. The Balaban J connectivity index is 1.96. The van der Waals surface area contributed by atoms with Gasteiger partial charge in [0.15, 0.2) is 0 Å². The molecule has 0 saturated heterocycles. The number of nitrogens with one attached hydrogen (secondary N) is 1. The zero-order valence-electron chi connectivity index (χ0n) is 14.8. The third-order valence-corrected chi connectivity index (χ3v) is 3.56. The van der Waals surface area contributed by atoms with E-state index >= 15 is 0 Å². The fourth-order valence-corrected chi connectivity index (χ4v) is 2.43. The van der Waals surface area contributed by atoms with Crippen LogP contribution in [0.1, 0.15) is 31.9 Å². The molecule has 0 saturated carbocycles. The summed E-state index contributed by atoms with van der Waals surface area (Å²) in [5.74, 6) is 0. The molecule has 24 heavy (non-hydrogen) atoms. The highest BCUT2D eigenvalue weighted by Crippen LogP contribution is 2.13. The molecule has 1 aromatic heterocycles. The molecular weight excluding hydrogens is 304 g/mol. The Hall–Kier alpha value is -2.34. The molecule has 2 N–H and O–H groups in total. The van der Waals surface area contributed by atoms with Crippen LogP contribution in [0.5, 0.6) is 0 Å². The van der Waals surface area contributed by atoms with Crippen molar-refractivity contribution < 1.29 is 9.90 Å². The van der Waals surface area contributed by atoms with Gasteiger partial charge in [-0.25, -0.2) is 4.79 Å². The number of aryl methyl sites for hydroxylation is 1. The molecule has 6 nitrogen and oxygen atoms in total. The van der Waals surface area contributed by atoms with Gasteiger partial charge in [-0.1, -0.05) is 12.1 Å². The molecule has 0 spiro atoms. The Morgan fingerprint density at radius 2 is 2.00 bits per heavy atom. The van der Waals surface area contributed by atoms with Gasteiger partial charge >= 0.3 is 6.03 Å². The number of nitrogens with zero attached hydrogens (tertiary/aromatic N) is 3. The number of aromatic nitrogens is 2. The fourth-order valence-electron chi connectivity index (χ4n) is 2.43. The molecule has 0 aliphatic rings. The first-order valence-corrected chi connectivity index (χ1v) is 8.13. The molecule has 1 aromatic carbocycles. The first-order chi connectivity index (χ1) is 11.3. The number of benzene rings is 1. The van der Waals surface area contributed by atoms with Gasteiger partial charge in [0.25, 0.3) is 0 Å². The standard InChI is InChI=1S/C18H26N4O2/c1-5-21(13-18(3,4)24)17(23)20-16-8-6-15(7-9-16)12-22-11-14(2)10-19-22/h6-11,24H,5,12-13H2,1-4H3,(H,20,23). The number of likely N-dealkylation sites (N-methyl/N-ethyl adjacent to an activating group) is 1. The van der Waals surface area contributed by atoms with Crippen LogP contribution in [0.15, 0.2) is 36.7 Å². The maximum Gasteiger partial charge on any atom is 0.321 e. The van der Waals surface area contributed by atoms with Gasteiger partial charge in [0.1, 0.15) is 0 Å². The summed E-state index contributed by atoms with van der Waals surface area (Å²) in [6.45, 7) is 8.79. The lowest BCUT2D eigenvalue weighted by Crippen LogP contribution is -2.44. The fraction of sp³-hybridized carbons (Fsp3) is 0.444. The number of aliphatic hydroxyl groups is 1. The second-order valence-electron chi connectivity index (χ2n) is 6.67. The van der Waals surface area contributed by atoms with Gasteiger partial charge < -0.3 is 15.3 Å². The zero-order valence-corrected chi connectivity index (χ0v) is 14.8. The van der Waals surface area contributed by atoms with Crippen molar-refractivity contribution in [2.24, 2.45) is 0 Å². The summed E-state index contributed by atoms with van der Waals surface area (Å²) in [5, 5.41) is 17.0. The van der Waals surface area contributed by atoms with Crippen LogP contribution in [0.3, 0.4) is 0 Å². The Kier molecular flexibility index (Phi) is 5.62. The topological polar surface area (TPSA) is 70.4 Å². The minimum Gasteiger partial charge on any atom is -0.389 e. The van der Waals surface area contributed by atoms with Crippen LogP contribution in [-0.2, 0) is 6.54 Å². The van der Waals surface area contributed by atoms with Crippen molar-refractivity contribution in [3.8, 4) is 0 Å². The molecule has 130 valence electrons. The summed E-state index contributed by atoms with van der Waals surface area (Å²) in [6, 6.07) is 7.48. The summed E-state index contributed by atoms with van der Waals surface area (Å²) < 4.78 is 1.88. The van der Waals surface area contributed by atoms with E-state index in [2.05, 4.69) is 10.4 Å². The largest absolute Gasteiger partial charge is 0.389 e. The van der Waals surface area contributed by atoms with Crippen LogP contribution in [0.25, 0.3) is 0 Å². The molecule has 1 heterocycles. The van der Waals surface area contributed by atoms with E-state index < -0.39 is 5.60 Å². The summed E-state index contributed by atoms with van der Waals surface area (Å²) >= 11 is 0. The van der Waals surface area contributed by atoms with Gasteiger partial charge in [0.05, 0.1) is 24.9 Å². The molecule has 0 aliphatic heterocycles. The number of rotatable bonds is 6. The summed E-state index contributed by atoms with van der Waals surface area (Å²) in [4.78, 5) is 13.9. The number of carbonyl (C=O) groups excluding carboxylic acids is 1. The minimum atomic E-state index is -0.918. The molecule has 0 atom stereocenters. The smallest absolute Gasteiger partial charge is 0.321 e. The molecule has 2 amide bonds. The molecule has 0 aliphatic carbocycles. The van der Waals surface area contributed by atoms with Gasteiger partial charge in [0, 0.05) is 18.4 Å². The molecule has 2 aromatic rings. The monoisotopic (exact) mass is 330 g/mol. The summed E-state index contributed by atoms with van der Waals surface area (Å²) in [7, 11) is 0. The maximum absolute atomic E-state index is 12.3. The van der Waals surface area contributed by atoms with Gasteiger partial charge in [-0.2, -0.15) is 5.10 Å². The van der Waals surface area contributed by atoms with E-state index in [1.165, 1.54) is 0 Å². The maximum atomic E-state index is 12.3. The van der Waals surface area contributed by atoms with Crippen LogP contribution in [0.2, 0.25) is 0 Å². The first-order valence-electron chi connectivity index (χ1n) is 8.13. The Labute approximate surface area is 143 Å². The number of anilines is 1. The first kappa shape index (κ1) is 18.0.